The second-order valence-corrected chi connectivity index (χ2v) is 5.76. The van der Waals surface area contributed by atoms with Crippen LogP contribution in [0.2, 0.25) is 0 Å². The van der Waals surface area contributed by atoms with Crippen LogP contribution in [-0.4, -0.2) is 14.7 Å². The van der Waals surface area contributed by atoms with Crippen LogP contribution in [0.5, 0.6) is 0 Å². The lowest BCUT2D eigenvalue weighted by atomic mass is 9.93. The number of allylic oxidation sites excluding steroid dienone is 5. The molecule has 0 aliphatic heterocycles. The van der Waals surface area contributed by atoms with Gasteiger partial charge in [0.1, 0.15) is 0 Å². The first-order valence-corrected chi connectivity index (χ1v) is 6.24. The third kappa shape index (κ3) is 3.79. The van der Waals surface area contributed by atoms with Gasteiger partial charge in [0, 0.05) is 11.1 Å². The van der Waals surface area contributed by atoms with Crippen molar-refractivity contribution in [1.29, 1.82) is 0 Å². The van der Waals surface area contributed by atoms with Gasteiger partial charge in [-0.2, -0.15) is 0 Å². The summed E-state index contributed by atoms with van der Waals surface area (Å²) in [5.41, 5.74) is 0.562. The van der Waals surface area contributed by atoms with Gasteiger partial charge >= 0.3 is 0 Å². The van der Waals surface area contributed by atoms with E-state index in [1.54, 1.807) is 12.2 Å². The minimum atomic E-state index is -3.18. The van der Waals surface area contributed by atoms with Gasteiger partial charge in [-0.1, -0.05) is 32.1 Å². The van der Waals surface area contributed by atoms with Crippen molar-refractivity contribution >= 4 is 10.0 Å². The zero-order chi connectivity index (χ0) is 10.8. The van der Waals surface area contributed by atoms with Crippen molar-refractivity contribution in [1.82, 2.24) is 4.72 Å². The molecule has 0 atom stereocenters. The summed E-state index contributed by atoms with van der Waals surface area (Å²) in [5, 5.41) is 0. The average Bonchev–Trinajstić information content (AvgIpc) is 2.10. The quantitative estimate of drug-likeness (QED) is 0.757. The molecular formula is C10H15NO2S. The lowest BCUT2D eigenvalue weighted by Crippen LogP contribution is -2.20. The molecule has 1 rings (SSSR count). The zero-order valence-corrected chi connectivity index (χ0v) is 9.43. The number of nitrogens with one attached hydrogen (secondary N) is 1. The van der Waals surface area contributed by atoms with Crippen molar-refractivity contribution in [3.05, 3.63) is 36.1 Å². The Hall–Kier alpha value is -1.03. The highest BCUT2D eigenvalue weighted by Crippen LogP contribution is 2.21. The Kier molecular flexibility index (Phi) is 2.85. The van der Waals surface area contributed by atoms with E-state index in [0.717, 1.165) is 6.26 Å². The second-order valence-electron chi connectivity index (χ2n) is 4.01. The Morgan fingerprint density at radius 2 is 1.93 bits per heavy atom. The summed E-state index contributed by atoms with van der Waals surface area (Å²) in [6, 6.07) is 0. The SMILES string of the molecule is CC1(C)C=CC=C(NS(C)(=O)=O)C=C1. The van der Waals surface area contributed by atoms with Gasteiger partial charge in [-0.05, 0) is 12.2 Å². The van der Waals surface area contributed by atoms with Crippen LogP contribution in [0.25, 0.3) is 0 Å². The fourth-order valence-electron chi connectivity index (χ4n) is 1.10. The molecule has 14 heavy (non-hydrogen) atoms. The van der Waals surface area contributed by atoms with Crippen LogP contribution in [0, 0.1) is 5.41 Å². The normalized spacial score (nSPS) is 20.1. The van der Waals surface area contributed by atoms with E-state index < -0.39 is 10.0 Å². The average molecular weight is 213 g/mol. The summed E-state index contributed by atoms with van der Waals surface area (Å²) < 4.78 is 24.4. The third-order valence-electron chi connectivity index (χ3n) is 1.80. The summed E-state index contributed by atoms with van der Waals surface area (Å²) in [6.45, 7) is 4.11. The molecule has 1 aliphatic rings. The number of hydrogen-bond acceptors (Lipinski definition) is 2. The molecule has 0 fully saturated rings. The third-order valence-corrected chi connectivity index (χ3v) is 2.40. The highest BCUT2D eigenvalue weighted by Gasteiger charge is 2.11. The van der Waals surface area contributed by atoms with Gasteiger partial charge in [0.15, 0.2) is 0 Å². The maximum absolute atomic E-state index is 11.0. The summed E-state index contributed by atoms with van der Waals surface area (Å²) >= 11 is 0. The minimum absolute atomic E-state index is 0.0303. The highest BCUT2D eigenvalue weighted by molar-refractivity contribution is 7.88. The van der Waals surface area contributed by atoms with Gasteiger partial charge in [-0.25, -0.2) is 8.42 Å². The molecule has 0 heterocycles. The molecule has 0 spiro atoms. The molecular weight excluding hydrogens is 198 g/mol. The Labute approximate surface area is 85.3 Å². The summed E-state index contributed by atoms with van der Waals surface area (Å²) in [6.07, 6.45) is 10.5. The van der Waals surface area contributed by atoms with Gasteiger partial charge in [-0.3, -0.25) is 4.72 Å². The van der Waals surface area contributed by atoms with Crippen LogP contribution in [0.1, 0.15) is 13.8 Å². The summed E-state index contributed by atoms with van der Waals surface area (Å²) in [5.74, 6) is 0. The molecule has 78 valence electrons. The van der Waals surface area contributed by atoms with Crippen LogP contribution in [-0.2, 0) is 10.0 Å². The van der Waals surface area contributed by atoms with Gasteiger partial charge in [0.05, 0.1) is 6.26 Å². The van der Waals surface area contributed by atoms with E-state index >= 15 is 0 Å². The molecule has 0 aromatic rings. The molecule has 3 nitrogen and oxygen atoms in total. The Morgan fingerprint density at radius 3 is 2.50 bits per heavy atom. The van der Waals surface area contributed by atoms with Crippen molar-refractivity contribution in [3.8, 4) is 0 Å². The highest BCUT2D eigenvalue weighted by atomic mass is 32.2. The van der Waals surface area contributed by atoms with Crippen LogP contribution in [0.3, 0.4) is 0 Å². The number of hydrogen-bond donors (Lipinski definition) is 1. The first-order valence-electron chi connectivity index (χ1n) is 4.35. The van der Waals surface area contributed by atoms with Crippen LogP contribution < -0.4 is 4.72 Å². The predicted octanol–water partition coefficient (Wildman–Crippen LogP) is 1.57. The van der Waals surface area contributed by atoms with Crippen molar-refractivity contribution in [2.75, 3.05) is 6.26 Å². The number of rotatable bonds is 2. The van der Waals surface area contributed by atoms with E-state index in [4.69, 9.17) is 0 Å². The predicted molar refractivity (Wildman–Crippen MR) is 58.1 cm³/mol. The molecule has 0 unspecified atom stereocenters. The molecule has 1 aliphatic carbocycles. The van der Waals surface area contributed by atoms with Crippen LogP contribution in [0.15, 0.2) is 36.1 Å². The lowest BCUT2D eigenvalue weighted by Gasteiger charge is -2.12. The molecule has 0 saturated carbocycles. The van der Waals surface area contributed by atoms with Gasteiger partial charge in [0.2, 0.25) is 10.0 Å². The molecule has 0 amide bonds. The standard InChI is InChI=1S/C10H15NO2S/c1-10(2)7-4-5-9(6-8-10)11-14(3,12)13/h4-8,11H,1-3H3. The van der Waals surface area contributed by atoms with Crippen molar-refractivity contribution < 1.29 is 8.42 Å². The van der Waals surface area contributed by atoms with Gasteiger partial charge in [-0.15, -0.1) is 0 Å². The van der Waals surface area contributed by atoms with Gasteiger partial charge < -0.3 is 0 Å². The van der Waals surface area contributed by atoms with Crippen LogP contribution in [0.4, 0.5) is 0 Å². The van der Waals surface area contributed by atoms with E-state index in [9.17, 15) is 8.42 Å². The Balaban J connectivity index is 2.86. The van der Waals surface area contributed by atoms with E-state index in [2.05, 4.69) is 18.6 Å². The van der Waals surface area contributed by atoms with E-state index in [1.807, 2.05) is 18.2 Å². The van der Waals surface area contributed by atoms with Crippen molar-refractivity contribution in [2.45, 2.75) is 13.8 Å². The summed E-state index contributed by atoms with van der Waals surface area (Å²) in [4.78, 5) is 0. The molecule has 0 aromatic heterocycles. The largest absolute Gasteiger partial charge is 0.284 e. The molecule has 0 bridgehead atoms. The molecule has 0 aromatic carbocycles. The first-order chi connectivity index (χ1) is 6.29. The zero-order valence-electron chi connectivity index (χ0n) is 8.61. The van der Waals surface area contributed by atoms with Gasteiger partial charge in [0.25, 0.3) is 0 Å². The minimum Gasteiger partial charge on any atom is -0.284 e. The lowest BCUT2D eigenvalue weighted by molar-refractivity contribution is 0.595. The van der Waals surface area contributed by atoms with Crippen molar-refractivity contribution in [3.63, 3.8) is 0 Å². The molecule has 0 saturated heterocycles. The maximum Gasteiger partial charge on any atom is 0.229 e. The number of sulfonamides is 1. The fraction of sp³-hybridized carbons (Fsp3) is 0.400. The summed E-state index contributed by atoms with van der Waals surface area (Å²) in [7, 11) is -3.18. The Bertz CT molecular complexity index is 400. The molecule has 0 radical (unpaired) electrons. The smallest absolute Gasteiger partial charge is 0.229 e. The second kappa shape index (κ2) is 3.61. The van der Waals surface area contributed by atoms with Crippen LogP contribution >= 0.6 is 0 Å². The molecule has 1 N–H and O–H groups in total. The molecule has 4 heteroatoms. The Morgan fingerprint density at radius 1 is 1.29 bits per heavy atom. The maximum atomic E-state index is 11.0. The van der Waals surface area contributed by atoms with E-state index in [0.29, 0.717) is 5.70 Å². The first kappa shape index (κ1) is 11.0. The topological polar surface area (TPSA) is 46.2 Å². The van der Waals surface area contributed by atoms with Crippen molar-refractivity contribution in [2.24, 2.45) is 5.41 Å². The fourth-order valence-corrected chi connectivity index (χ4v) is 1.66. The monoisotopic (exact) mass is 213 g/mol. The van der Waals surface area contributed by atoms with E-state index in [-0.39, 0.29) is 5.41 Å². The van der Waals surface area contributed by atoms with E-state index in [1.165, 1.54) is 0 Å².